The first kappa shape index (κ1) is 23.0. The molecule has 0 amide bonds. The van der Waals surface area contributed by atoms with Crippen LogP contribution in [0.3, 0.4) is 0 Å². The highest BCUT2D eigenvalue weighted by atomic mass is 32.2. The fourth-order valence-electron chi connectivity index (χ4n) is 4.10. The number of hydrogen-bond donors (Lipinski definition) is 2. The smallest absolute Gasteiger partial charge is 0.280 e. The topological polar surface area (TPSA) is 75.4 Å². The van der Waals surface area contributed by atoms with E-state index in [1.807, 2.05) is 12.1 Å². The van der Waals surface area contributed by atoms with Crippen LogP contribution in [0, 0.1) is 5.92 Å². The molecule has 0 spiro atoms. The molecule has 0 aliphatic carbocycles. The van der Waals surface area contributed by atoms with E-state index in [1.165, 1.54) is 21.0 Å². The third-order valence-corrected chi connectivity index (χ3v) is 8.50. The van der Waals surface area contributed by atoms with E-state index in [0.717, 1.165) is 26.6 Å². The standard InChI is InChI=1S/C25H29N2O3S2/c1-16(2)14-20-23-22(25(29)27(3)26-20)24(32(30)13-7-12-28)21(31-23)15-18-10-6-9-17-8-4-5-11-19(17)18/h4-6,8-11,16,28,30H,7,12-15H2,1-3H3/q+1. The Labute approximate surface area is 194 Å². The molecule has 1 atom stereocenters. The molecule has 2 aromatic heterocycles. The maximum absolute atomic E-state index is 13.2. The van der Waals surface area contributed by atoms with Crippen LogP contribution in [-0.2, 0) is 31.1 Å². The zero-order chi connectivity index (χ0) is 22.8. The minimum atomic E-state index is -1.13. The first-order valence-corrected chi connectivity index (χ1v) is 13.1. The number of rotatable bonds is 8. The van der Waals surface area contributed by atoms with Gasteiger partial charge in [0.25, 0.3) is 5.56 Å². The summed E-state index contributed by atoms with van der Waals surface area (Å²) in [7, 11) is 1.68. The van der Waals surface area contributed by atoms with Crippen LogP contribution in [0.2, 0.25) is 0 Å². The summed E-state index contributed by atoms with van der Waals surface area (Å²) < 4.78 is 13.4. The summed E-state index contributed by atoms with van der Waals surface area (Å²) >= 11 is 0.463. The fraction of sp³-hybridized carbons (Fsp3) is 0.360. The molecule has 168 valence electrons. The molecule has 0 bridgehead atoms. The van der Waals surface area contributed by atoms with Crippen LogP contribution < -0.4 is 5.56 Å². The Balaban J connectivity index is 1.94. The number of aliphatic hydroxyl groups excluding tert-OH is 1. The quantitative estimate of drug-likeness (QED) is 0.365. The van der Waals surface area contributed by atoms with E-state index >= 15 is 0 Å². The lowest BCUT2D eigenvalue weighted by Crippen LogP contribution is -2.23. The second-order valence-electron chi connectivity index (χ2n) is 8.49. The number of aromatic nitrogens is 2. The van der Waals surface area contributed by atoms with Crippen LogP contribution in [0.25, 0.3) is 20.9 Å². The molecule has 0 fully saturated rings. The largest absolute Gasteiger partial charge is 0.396 e. The number of hydrogen-bond acceptors (Lipinski definition) is 5. The van der Waals surface area contributed by atoms with Gasteiger partial charge in [0, 0.05) is 26.5 Å². The molecule has 0 aliphatic heterocycles. The number of nitrogens with zero attached hydrogens (tertiary/aromatic N) is 2. The van der Waals surface area contributed by atoms with Crippen molar-refractivity contribution in [2.24, 2.45) is 13.0 Å². The van der Waals surface area contributed by atoms with Gasteiger partial charge in [0.1, 0.15) is 11.1 Å². The van der Waals surface area contributed by atoms with Gasteiger partial charge in [0.15, 0.2) is 11.2 Å². The van der Waals surface area contributed by atoms with E-state index in [9.17, 15) is 14.5 Å². The number of aliphatic hydroxyl groups is 1. The van der Waals surface area contributed by atoms with E-state index in [2.05, 4.69) is 49.3 Å². The van der Waals surface area contributed by atoms with Gasteiger partial charge in [-0.15, -0.1) is 11.3 Å². The van der Waals surface area contributed by atoms with Gasteiger partial charge in [-0.2, -0.15) is 9.65 Å². The molecule has 0 aliphatic rings. The Hall–Kier alpha value is -2.19. The average Bonchev–Trinajstić information content (AvgIpc) is 3.15. The Morgan fingerprint density at radius 3 is 2.66 bits per heavy atom. The van der Waals surface area contributed by atoms with E-state index in [1.54, 1.807) is 18.4 Å². The van der Waals surface area contributed by atoms with E-state index in [4.69, 9.17) is 0 Å². The molecular formula is C25H29N2O3S2+. The van der Waals surface area contributed by atoms with Gasteiger partial charge in [-0.05, 0) is 28.7 Å². The molecule has 0 saturated carbocycles. The highest BCUT2D eigenvalue weighted by molar-refractivity contribution is 7.92. The first-order chi connectivity index (χ1) is 15.4. The monoisotopic (exact) mass is 469 g/mol. The van der Waals surface area contributed by atoms with Crippen LogP contribution >= 0.6 is 11.3 Å². The van der Waals surface area contributed by atoms with Crippen molar-refractivity contribution in [1.29, 1.82) is 0 Å². The Bertz CT molecular complexity index is 1300. The van der Waals surface area contributed by atoms with E-state index in [0.29, 0.717) is 29.9 Å². The summed E-state index contributed by atoms with van der Waals surface area (Å²) in [6, 6.07) is 14.6. The fourth-order valence-corrected chi connectivity index (χ4v) is 7.15. The Morgan fingerprint density at radius 1 is 1.16 bits per heavy atom. The van der Waals surface area contributed by atoms with Crippen molar-refractivity contribution in [2.45, 2.75) is 38.0 Å². The summed E-state index contributed by atoms with van der Waals surface area (Å²) in [5.41, 5.74) is 1.91. The summed E-state index contributed by atoms with van der Waals surface area (Å²) in [6.07, 6.45) is 1.91. The predicted octanol–water partition coefficient (Wildman–Crippen LogP) is 4.77. The minimum Gasteiger partial charge on any atom is -0.396 e. The molecular weight excluding hydrogens is 440 g/mol. The molecule has 2 aromatic carbocycles. The Kier molecular flexibility index (Phi) is 7.00. The summed E-state index contributed by atoms with van der Waals surface area (Å²) in [5.74, 6) is 0.840. The molecule has 5 nitrogen and oxygen atoms in total. The van der Waals surface area contributed by atoms with E-state index in [-0.39, 0.29) is 12.2 Å². The number of thiophene rings is 1. The molecule has 2 N–H and O–H groups in total. The van der Waals surface area contributed by atoms with Crippen LogP contribution in [-0.4, -0.2) is 31.8 Å². The first-order valence-electron chi connectivity index (χ1n) is 10.9. The number of aryl methyl sites for hydroxylation is 1. The molecule has 7 heteroatoms. The van der Waals surface area contributed by atoms with Gasteiger partial charge in [-0.25, -0.2) is 4.68 Å². The maximum atomic E-state index is 13.2. The van der Waals surface area contributed by atoms with Crippen molar-refractivity contribution in [2.75, 3.05) is 12.4 Å². The van der Waals surface area contributed by atoms with Crippen LogP contribution in [0.15, 0.2) is 52.2 Å². The predicted molar refractivity (Wildman–Crippen MR) is 135 cm³/mol. The van der Waals surface area contributed by atoms with Crippen LogP contribution in [0.1, 0.15) is 36.4 Å². The third kappa shape index (κ3) is 4.48. The maximum Gasteiger partial charge on any atom is 0.280 e. The lowest BCUT2D eigenvalue weighted by atomic mass is 10.0. The normalized spacial score (nSPS) is 12.8. The lowest BCUT2D eigenvalue weighted by Gasteiger charge is -2.07. The summed E-state index contributed by atoms with van der Waals surface area (Å²) in [6.45, 7) is 4.30. The van der Waals surface area contributed by atoms with Crippen molar-refractivity contribution >= 4 is 43.4 Å². The number of benzene rings is 2. The highest BCUT2D eigenvalue weighted by Crippen LogP contribution is 2.38. The summed E-state index contributed by atoms with van der Waals surface area (Å²) in [4.78, 5) is 14.9. The summed E-state index contributed by atoms with van der Waals surface area (Å²) in [5, 5.41) is 16.8. The molecule has 4 rings (SSSR count). The van der Waals surface area contributed by atoms with E-state index < -0.39 is 11.2 Å². The van der Waals surface area contributed by atoms with Gasteiger partial charge >= 0.3 is 0 Å². The van der Waals surface area contributed by atoms with Crippen molar-refractivity contribution in [3.05, 3.63) is 69.0 Å². The van der Waals surface area contributed by atoms with Gasteiger partial charge in [0.2, 0.25) is 4.90 Å². The minimum absolute atomic E-state index is 0.0168. The van der Waals surface area contributed by atoms with Crippen molar-refractivity contribution < 1.29 is 9.66 Å². The molecule has 32 heavy (non-hydrogen) atoms. The zero-order valence-electron chi connectivity index (χ0n) is 18.7. The molecule has 2 heterocycles. The second kappa shape index (κ2) is 9.75. The van der Waals surface area contributed by atoms with Gasteiger partial charge in [-0.1, -0.05) is 56.3 Å². The highest BCUT2D eigenvalue weighted by Gasteiger charge is 2.33. The molecule has 4 aromatic rings. The molecule has 0 radical (unpaired) electrons. The second-order valence-corrected chi connectivity index (χ2v) is 11.1. The number of fused-ring (bicyclic) bond motifs is 2. The van der Waals surface area contributed by atoms with Gasteiger partial charge in [0.05, 0.1) is 15.3 Å². The van der Waals surface area contributed by atoms with Gasteiger partial charge < -0.3 is 5.11 Å². The molecule has 1 unspecified atom stereocenters. The van der Waals surface area contributed by atoms with Gasteiger partial charge in [-0.3, -0.25) is 4.79 Å². The zero-order valence-corrected chi connectivity index (χ0v) is 20.3. The lowest BCUT2D eigenvalue weighted by molar-refractivity contribution is 0.295. The van der Waals surface area contributed by atoms with Crippen LogP contribution in [0.4, 0.5) is 0 Å². The van der Waals surface area contributed by atoms with Crippen LogP contribution in [0.5, 0.6) is 0 Å². The van der Waals surface area contributed by atoms with Crippen molar-refractivity contribution in [3.63, 3.8) is 0 Å². The van der Waals surface area contributed by atoms with Crippen molar-refractivity contribution in [3.8, 4) is 0 Å². The van der Waals surface area contributed by atoms with Crippen molar-refractivity contribution in [1.82, 2.24) is 9.78 Å². The third-order valence-electron chi connectivity index (χ3n) is 5.54. The Morgan fingerprint density at radius 2 is 1.91 bits per heavy atom. The average molecular weight is 470 g/mol. The molecule has 0 saturated heterocycles. The SMILES string of the molecule is CC(C)Cc1nn(C)c(=O)c2c([S+](O)CCCO)c(Cc3cccc4ccccc34)sc12.